The van der Waals surface area contributed by atoms with Crippen LogP contribution in [0.1, 0.15) is 18.1 Å². The molecule has 2 N–H and O–H groups in total. The zero-order valence-corrected chi connectivity index (χ0v) is 9.44. The molecule has 0 radical (unpaired) electrons. The first-order chi connectivity index (χ1) is 7.73. The van der Waals surface area contributed by atoms with E-state index in [9.17, 15) is 17.6 Å². The molecule has 0 aliphatic rings. The van der Waals surface area contributed by atoms with Gasteiger partial charge in [0, 0.05) is 13.7 Å². The van der Waals surface area contributed by atoms with E-state index in [2.05, 4.69) is 0 Å². The van der Waals surface area contributed by atoms with E-state index in [1.165, 1.54) is 14.0 Å². The fraction of sp³-hybridized carbons (Fsp3) is 0.455. The third-order valence-corrected chi connectivity index (χ3v) is 2.68. The fourth-order valence-electron chi connectivity index (χ4n) is 1.38. The van der Waals surface area contributed by atoms with Crippen LogP contribution in [0.15, 0.2) is 18.2 Å². The normalized spacial score (nSPS) is 15.7. The SMILES string of the molecule is COC(C)(CN)c1cc(F)cc(C(F)(F)F)c1. The number of nitrogens with two attached hydrogens (primary N) is 1. The summed E-state index contributed by atoms with van der Waals surface area (Å²) >= 11 is 0. The van der Waals surface area contributed by atoms with E-state index in [0.717, 1.165) is 12.1 Å². The lowest BCUT2D eigenvalue weighted by Gasteiger charge is -2.27. The zero-order chi connectivity index (χ0) is 13.3. The molecule has 0 saturated carbocycles. The molecule has 0 saturated heterocycles. The van der Waals surface area contributed by atoms with Crippen molar-refractivity contribution in [2.75, 3.05) is 13.7 Å². The van der Waals surface area contributed by atoms with E-state index >= 15 is 0 Å². The van der Waals surface area contributed by atoms with Crippen LogP contribution in [0.5, 0.6) is 0 Å². The molecule has 0 aromatic heterocycles. The Balaban J connectivity index is 3.32. The van der Waals surface area contributed by atoms with Gasteiger partial charge in [-0.15, -0.1) is 0 Å². The van der Waals surface area contributed by atoms with Crippen molar-refractivity contribution in [3.05, 3.63) is 35.1 Å². The minimum absolute atomic E-state index is 0.0513. The molecular formula is C11H13F4NO. The minimum atomic E-state index is -4.60. The van der Waals surface area contributed by atoms with E-state index in [4.69, 9.17) is 10.5 Å². The van der Waals surface area contributed by atoms with Gasteiger partial charge >= 0.3 is 6.18 Å². The molecule has 0 fully saturated rings. The van der Waals surface area contributed by atoms with Crippen LogP contribution >= 0.6 is 0 Å². The maximum absolute atomic E-state index is 13.2. The van der Waals surface area contributed by atoms with E-state index in [0.29, 0.717) is 6.07 Å². The summed E-state index contributed by atoms with van der Waals surface area (Å²) in [5.41, 5.74) is 3.31. The summed E-state index contributed by atoms with van der Waals surface area (Å²) in [6.07, 6.45) is -4.60. The number of methoxy groups -OCH3 is 1. The Bertz CT molecular complexity index is 399. The maximum atomic E-state index is 13.2. The van der Waals surface area contributed by atoms with Crippen molar-refractivity contribution in [1.82, 2.24) is 0 Å². The van der Waals surface area contributed by atoms with Gasteiger partial charge in [-0.3, -0.25) is 0 Å². The Labute approximate surface area is 96.4 Å². The number of ether oxygens (including phenoxy) is 1. The first kappa shape index (κ1) is 13.9. The van der Waals surface area contributed by atoms with Gasteiger partial charge in [-0.25, -0.2) is 4.39 Å². The average molecular weight is 251 g/mol. The molecule has 0 spiro atoms. The summed E-state index contributed by atoms with van der Waals surface area (Å²) in [6.45, 7) is 1.45. The summed E-state index contributed by atoms with van der Waals surface area (Å²) in [7, 11) is 1.31. The molecule has 0 bridgehead atoms. The van der Waals surface area contributed by atoms with Gasteiger partial charge in [-0.1, -0.05) is 0 Å². The molecular weight excluding hydrogens is 238 g/mol. The van der Waals surface area contributed by atoms with E-state index < -0.39 is 23.2 Å². The molecule has 6 heteroatoms. The average Bonchev–Trinajstić information content (AvgIpc) is 2.26. The Morgan fingerprint density at radius 3 is 2.12 bits per heavy atom. The monoisotopic (exact) mass is 251 g/mol. The molecule has 17 heavy (non-hydrogen) atoms. The highest BCUT2D eigenvalue weighted by atomic mass is 19.4. The summed E-state index contributed by atoms with van der Waals surface area (Å²) in [4.78, 5) is 0. The van der Waals surface area contributed by atoms with Crippen molar-refractivity contribution >= 4 is 0 Å². The van der Waals surface area contributed by atoms with Crippen LogP contribution in [0.2, 0.25) is 0 Å². The first-order valence-electron chi connectivity index (χ1n) is 4.86. The minimum Gasteiger partial charge on any atom is -0.372 e. The molecule has 0 aliphatic heterocycles. The molecule has 1 unspecified atom stereocenters. The van der Waals surface area contributed by atoms with Crippen LogP contribution in [-0.2, 0) is 16.5 Å². The predicted molar refractivity (Wildman–Crippen MR) is 54.8 cm³/mol. The van der Waals surface area contributed by atoms with Crippen LogP contribution in [-0.4, -0.2) is 13.7 Å². The van der Waals surface area contributed by atoms with E-state index in [1.54, 1.807) is 0 Å². The summed E-state index contributed by atoms with van der Waals surface area (Å²) in [5, 5.41) is 0. The highest BCUT2D eigenvalue weighted by molar-refractivity contribution is 5.31. The Kier molecular flexibility index (Phi) is 3.78. The third-order valence-electron chi connectivity index (χ3n) is 2.68. The van der Waals surface area contributed by atoms with Crippen LogP contribution < -0.4 is 5.73 Å². The lowest BCUT2D eigenvalue weighted by Crippen LogP contribution is -2.34. The lowest BCUT2D eigenvalue weighted by molar-refractivity contribution is -0.138. The van der Waals surface area contributed by atoms with Crippen molar-refractivity contribution < 1.29 is 22.3 Å². The van der Waals surface area contributed by atoms with Crippen LogP contribution in [0.4, 0.5) is 17.6 Å². The molecule has 1 aromatic carbocycles. The topological polar surface area (TPSA) is 35.2 Å². The summed E-state index contributed by atoms with van der Waals surface area (Å²) in [6, 6.07) is 2.28. The number of hydrogen-bond donors (Lipinski definition) is 1. The Morgan fingerprint density at radius 2 is 1.71 bits per heavy atom. The predicted octanol–water partition coefficient (Wildman–Crippen LogP) is 2.66. The van der Waals surface area contributed by atoms with Crippen molar-refractivity contribution in [2.24, 2.45) is 5.73 Å². The fourth-order valence-corrected chi connectivity index (χ4v) is 1.38. The van der Waals surface area contributed by atoms with Crippen LogP contribution in [0.25, 0.3) is 0 Å². The Hall–Kier alpha value is -1.14. The molecule has 96 valence electrons. The second-order valence-corrected chi connectivity index (χ2v) is 3.87. The van der Waals surface area contributed by atoms with Crippen molar-refractivity contribution in [3.63, 3.8) is 0 Å². The summed E-state index contributed by atoms with van der Waals surface area (Å²) < 4.78 is 55.7. The third kappa shape index (κ3) is 2.95. The van der Waals surface area contributed by atoms with Crippen molar-refractivity contribution in [2.45, 2.75) is 18.7 Å². The molecule has 1 atom stereocenters. The number of rotatable bonds is 3. The number of halogens is 4. The van der Waals surface area contributed by atoms with Gasteiger partial charge in [0.25, 0.3) is 0 Å². The zero-order valence-electron chi connectivity index (χ0n) is 9.44. The van der Waals surface area contributed by atoms with Crippen molar-refractivity contribution in [1.29, 1.82) is 0 Å². The van der Waals surface area contributed by atoms with Gasteiger partial charge in [0.1, 0.15) is 11.4 Å². The smallest absolute Gasteiger partial charge is 0.372 e. The maximum Gasteiger partial charge on any atom is 0.416 e. The van der Waals surface area contributed by atoms with Crippen LogP contribution in [0.3, 0.4) is 0 Å². The molecule has 1 aromatic rings. The standard InChI is InChI=1S/C11H13F4NO/c1-10(6-16,17-2)7-3-8(11(13,14)15)5-9(12)4-7/h3-5H,6,16H2,1-2H3. The van der Waals surface area contributed by atoms with Crippen LogP contribution in [0, 0.1) is 5.82 Å². The molecule has 2 nitrogen and oxygen atoms in total. The molecule has 1 rings (SSSR count). The molecule has 0 amide bonds. The lowest BCUT2D eigenvalue weighted by atomic mass is 9.94. The van der Waals surface area contributed by atoms with Gasteiger partial charge in [0.15, 0.2) is 0 Å². The van der Waals surface area contributed by atoms with Gasteiger partial charge < -0.3 is 10.5 Å². The second kappa shape index (κ2) is 4.62. The van der Waals surface area contributed by atoms with Gasteiger partial charge in [0.2, 0.25) is 0 Å². The quantitative estimate of drug-likeness (QED) is 0.838. The van der Waals surface area contributed by atoms with E-state index in [1.807, 2.05) is 0 Å². The Morgan fingerprint density at radius 1 is 1.18 bits per heavy atom. The second-order valence-electron chi connectivity index (χ2n) is 3.87. The van der Waals surface area contributed by atoms with Gasteiger partial charge in [-0.2, -0.15) is 13.2 Å². The highest BCUT2D eigenvalue weighted by Gasteiger charge is 2.34. The molecule has 0 heterocycles. The number of hydrogen-bond acceptors (Lipinski definition) is 2. The van der Waals surface area contributed by atoms with E-state index in [-0.39, 0.29) is 12.1 Å². The van der Waals surface area contributed by atoms with Crippen molar-refractivity contribution in [3.8, 4) is 0 Å². The highest BCUT2D eigenvalue weighted by Crippen LogP contribution is 2.33. The number of alkyl halides is 3. The first-order valence-corrected chi connectivity index (χ1v) is 4.86. The van der Waals surface area contributed by atoms with Gasteiger partial charge in [-0.05, 0) is 30.7 Å². The van der Waals surface area contributed by atoms with Gasteiger partial charge in [0.05, 0.1) is 5.56 Å². The molecule has 0 aliphatic carbocycles. The number of benzene rings is 1. The largest absolute Gasteiger partial charge is 0.416 e. The summed E-state index contributed by atoms with van der Waals surface area (Å²) in [5.74, 6) is -0.966.